The van der Waals surface area contributed by atoms with E-state index >= 15 is 0 Å². The Hall–Kier alpha value is -3.47. The van der Waals surface area contributed by atoms with Crippen LogP contribution in [0.25, 0.3) is 11.3 Å². The van der Waals surface area contributed by atoms with E-state index in [9.17, 15) is 43.2 Å². The zero-order chi connectivity index (χ0) is 30.0. The predicted octanol–water partition coefficient (Wildman–Crippen LogP) is -2.45. The molecular weight excluding hydrogens is 576 g/mol. The molecular formula is C26H24F3N4NaO8. The molecule has 218 valence electrons. The first kappa shape index (κ1) is 33.0. The molecule has 0 spiro atoms. The third kappa shape index (κ3) is 6.45. The number of aliphatic hydroxyl groups is 3. The number of ether oxygens (including phenoxy) is 2. The molecule has 1 aliphatic heterocycles. The number of aromatic nitrogens is 3. The van der Waals surface area contributed by atoms with Crippen molar-refractivity contribution < 1.29 is 82.2 Å². The smallest absolute Gasteiger partial charge is 0.542 e. The number of rotatable bonds is 9. The van der Waals surface area contributed by atoms with E-state index in [1.54, 1.807) is 19.1 Å². The normalized spacial score (nSPS) is 19.5. The van der Waals surface area contributed by atoms with Gasteiger partial charge in [-0.1, -0.05) is 30.3 Å². The first-order valence-electron chi connectivity index (χ1n) is 12.1. The Morgan fingerprint density at radius 2 is 1.90 bits per heavy atom. The molecule has 1 aliphatic rings. The second-order valence-corrected chi connectivity index (χ2v) is 9.14. The van der Waals surface area contributed by atoms with Crippen molar-refractivity contribution >= 4 is 17.6 Å². The van der Waals surface area contributed by atoms with Crippen LogP contribution in [0.2, 0.25) is 0 Å². The molecule has 5 atom stereocenters. The summed E-state index contributed by atoms with van der Waals surface area (Å²) in [6.07, 6.45) is -1.98. The zero-order valence-corrected chi connectivity index (χ0v) is 24.5. The van der Waals surface area contributed by atoms with Crippen LogP contribution in [0.4, 0.5) is 18.9 Å². The molecule has 1 aromatic heterocycles. The number of para-hydroxylation sites is 1. The Bertz CT molecular complexity index is 1500. The number of hydrogen-bond acceptors (Lipinski definition) is 10. The zero-order valence-electron chi connectivity index (χ0n) is 22.5. The minimum atomic E-state index is -1.69. The number of aliphatic carboxylic acids is 1. The fourth-order valence-electron chi connectivity index (χ4n) is 4.41. The number of carboxylic acid groups (broad SMARTS) is 1. The van der Waals surface area contributed by atoms with Crippen LogP contribution in [0.5, 0.6) is 5.75 Å². The van der Waals surface area contributed by atoms with E-state index in [0.717, 1.165) is 7.11 Å². The molecule has 12 nitrogen and oxygen atoms in total. The van der Waals surface area contributed by atoms with Crippen molar-refractivity contribution in [2.45, 2.75) is 31.3 Å². The third-order valence-electron chi connectivity index (χ3n) is 6.59. The molecule has 0 unspecified atom stereocenters. The molecule has 0 bridgehead atoms. The fourth-order valence-corrected chi connectivity index (χ4v) is 4.41. The molecule has 2 heterocycles. The van der Waals surface area contributed by atoms with Gasteiger partial charge >= 0.3 is 29.6 Å². The van der Waals surface area contributed by atoms with Crippen molar-refractivity contribution in [1.29, 1.82) is 0 Å². The van der Waals surface area contributed by atoms with Gasteiger partial charge in [0.15, 0.2) is 17.4 Å². The Morgan fingerprint density at radius 3 is 2.55 bits per heavy atom. The van der Waals surface area contributed by atoms with Crippen LogP contribution in [0, 0.1) is 23.4 Å². The second-order valence-electron chi connectivity index (χ2n) is 9.14. The standard InChI is InChI=1S/C26H25F3N4O8.Na/c1-11-17(8-19(26(38)39)41-23(11)22(36)18(35)10-34)33-9-16(31-32-33)12-5-3-4-6-15(12)30-25(37)13-7-14(27)21(29)24(40-2)20(13)28;/h3-9,11,17-18,22-23,34-36H,10H2,1-2H3,(H,30,37)(H,38,39);/q;+1/p-1/t11-,17+,18-,22-,23-;/m1./s1. The van der Waals surface area contributed by atoms with Gasteiger partial charge in [0.1, 0.15) is 35.7 Å². The van der Waals surface area contributed by atoms with Gasteiger partial charge in [0.05, 0.1) is 37.2 Å². The molecule has 3 aromatic rings. The summed E-state index contributed by atoms with van der Waals surface area (Å²) in [5, 5.41) is 51.6. The SMILES string of the molecule is COc1c(F)c(F)cc(C(=O)Nc2ccccc2-c2cn([C@H]3C=C(C(=O)[O-])O[C@@H]([C@H](O)[C@H](O)CO)[C@@H]3C)nn2)c1F.[Na+]. The Labute approximate surface area is 258 Å². The van der Waals surface area contributed by atoms with Crippen molar-refractivity contribution in [3.05, 3.63) is 71.4 Å². The van der Waals surface area contributed by atoms with Gasteiger partial charge in [0, 0.05) is 11.5 Å². The molecule has 0 radical (unpaired) electrons. The summed E-state index contributed by atoms with van der Waals surface area (Å²) in [7, 11) is 0.920. The second kappa shape index (κ2) is 13.7. The Kier molecular flexibility index (Phi) is 10.8. The number of carboxylic acids is 1. The summed E-state index contributed by atoms with van der Waals surface area (Å²) >= 11 is 0. The molecule has 0 saturated heterocycles. The molecule has 1 amide bonds. The number of nitrogens with zero attached hydrogens (tertiary/aromatic N) is 3. The number of carbonyl (C=O) groups is 2. The number of anilines is 1. The van der Waals surface area contributed by atoms with Gasteiger partial charge in [-0.25, -0.2) is 13.5 Å². The summed E-state index contributed by atoms with van der Waals surface area (Å²) < 4.78 is 53.6. The van der Waals surface area contributed by atoms with Gasteiger partial charge < -0.3 is 40.0 Å². The van der Waals surface area contributed by atoms with Crippen LogP contribution >= 0.6 is 0 Å². The van der Waals surface area contributed by atoms with Gasteiger partial charge in [-0.3, -0.25) is 4.79 Å². The monoisotopic (exact) mass is 600 g/mol. The number of carbonyl (C=O) groups excluding carboxylic acids is 2. The summed E-state index contributed by atoms with van der Waals surface area (Å²) in [6, 6.07) is 5.63. The van der Waals surface area contributed by atoms with Crippen molar-refractivity contribution in [2.24, 2.45) is 5.92 Å². The molecule has 0 fully saturated rings. The Morgan fingerprint density at radius 1 is 1.21 bits per heavy atom. The maximum absolute atomic E-state index is 14.7. The maximum Gasteiger partial charge on any atom is 1.00 e. The number of aliphatic hydroxyl groups excluding tert-OH is 3. The van der Waals surface area contributed by atoms with E-state index in [1.807, 2.05) is 0 Å². The van der Waals surface area contributed by atoms with Gasteiger partial charge in [-0.15, -0.1) is 5.10 Å². The van der Waals surface area contributed by atoms with Crippen LogP contribution in [0.15, 0.2) is 48.4 Å². The molecule has 0 saturated carbocycles. The average molecular weight is 600 g/mol. The summed E-state index contributed by atoms with van der Waals surface area (Å²) in [5.74, 6) is -9.67. The summed E-state index contributed by atoms with van der Waals surface area (Å²) in [4.78, 5) is 24.4. The van der Waals surface area contributed by atoms with E-state index in [0.29, 0.717) is 6.07 Å². The maximum atomic E-state index is 14.7. The molecule has 0 aliphatic carbocycles. The van der Waals surface area contributed by atoms with Crippen molar-refractivity contribution in [3.8, 4) is 17.0 Å². The topological polar surface area (TPSA) is 179 Å². The van der Waals surface area contributed by atoms with Crippen LogP contribution in [0.1, 0.15) is 23.3 Å². The van der Waals surface area contributed by atoms with Crippen LogP contribution in [0.3, 0.4) is 0 Å². The fraction of sp³-hybridized carbons (Fsp3) is 0.308. The van der Waals surface area contributed by atoms with Gasteiger partial charge in [-0.05, 0) is 18.2 Å². The van der Waals surface area contributed by atoms with Crippen molar-refractivity contribution in [1.82, 2.24) is 15.0 Å². The van der Waals surface area contributed by atoms with E-state index in [4.69, 9.17) is 4.74 Å². The van der Waals surface area contributed by atoms with Gasteiger partial charge in [-0.2, -0.15) is 4.39 Å². The van der Waals surface area contributed by atoms with Crippen molar-refractivity contribution in [2.75, 3.05) is 19.0 Å². The largest absolute Gasteiger partial charge is 1.00 e. The van der Waals surface area contributed by atoms with Crippen molar-refractivity contribution in [3.63, 3.8) is 0 Å². The average Bonchev–Trinajstić information content (AvgIpc) is 3.44. The number of hydrogen-bond donors (Lipinski definition) is 4. The molecule has 16 heteroatoms. The first-order chi connectivity index (χ1) is 19.5. The van der Waals surface area contributed by atoms with Crippen LogP contribution in [-0.4, -0.2) is 74.2 Å². The third-order valence-corrected chi connectivity index (χ3v) is 6.59. The van der Waals surface area contributed by atoms with Crippen LogP contribution in [-0.2, 0) is 9.53 Å². The number of nitrogens with one attached hydrogen (secondary N) is 1. The van der Waals surface area contributed by atoms with E-state index < -0.39 is 83.3 Å². The Balaban J connectivity index is 0.00000484. The first-order valence-corrected chi connectivity index (χ1v) is 12.1. The molecule has 4 rings (SSSR count). The predicted molar refractivity (Wildman–Crippen MR) is 132 cm³/mol. The minimum Gasteiger partial charge on any atom is -0.542 e. The number of benzene rings is 2. The summed E-state index contributed by atoms with van der Waals surface area (Å²) in [6.45, 7) is 0.783. The van der Waals surface area contributed by atoms with E-state index in [-0.39, 0.29) is 46.5 Å². The minimum absolute atomic E-state index is 0. The van der Waals surface area contributed by atoms with Gasteiger partial charge in [0.25, 0.3) is 5.91 Å². The molecule has 2 aromatic carbocycles. The molecule has 42 heavy (non-hydrogen) atoms. The quantitative estimate of drug-likeness (QED) is 0.152. The van der Waals surface area contributed by atoms with Gasteiger partial charge in [0.2, 0.25) is 5.82 Å². The number of halogens is 3. The van der Waals surface area contributed by atoms with Crippen LogP contribution < -0.4 is 44.7 Å². The van der Waals surface area contributed by atoms with E-state index in [2.05, 4.69) is 20.4 Å². The number of amides is 1. The number of methoxy groups -OCH3 is 1. The van der Waals surface area contributed by atoms with E-state index in [1.165, 1.54) is 29.1 Å². The summed E-state index contributed by atoms with van der Waals surface area (Å²) in [5.41, 5.74) is -0.278. The molecule has 4 N–H and O–H groups in total. The number of allylic oxidation sites excluding steroid dienone is 1.